The molecule has 0 aromatic heterocycles. The van der Waals surface area contributed by atoms with Crippen molar-refractivity contribution in [1.29, 1.82) is 0 Å². The van der Waals surface area contributed by atoms with Crippen molar-refractivity contribution in [2.24, 2.45) is 5.92 Å². The van der Waals surface area contributed by atoms with Crippen molar-refractivity contribution < 1.29 is 24.2 Å². The van der Waals surface area contributed by atoms with Crippen molar-refractivity contribution in [3.63, 3.8) is 0 Å². The zero-order valence-electron chi connectivity index (χ0n) is 13.7. The van der Waals surface area contributed by atoms with Crippen LogP contribution in [0.1, 0.15) is 42.6 Å². The number of amides is 1. The molecule has 1 amide bonds. The third kappa shape index (κ3) is 5.73. The number of carbonyl (C=O) groups is 3. The van der Waals surface area contributed by atoms with Crippen molar-refractivity contribution in [2.75, 3.05) is 7.11 Å². The van der Waals surface area contributed by atoms with E-state index in [1.807, 2.05) is 6.92 Å². The molecule has 1 aromatic carbocycles. The van der Waals surface area contributed by atoms with Gasteiger partial charge in [-0.3, -0.25) is 4.79 Å². The number of rotatable bonds is 8. The van der Waals surface area contributed by atoms with Gasteiger partial charge in [0, 0.05) is 6.42 Å². The number of carboxylic acids is 1. The highest BCUT2D eigenvalue weighted by molar-refractivity contribution is 5.89. The van der Waals surface area contributed by atoms with Gasteiger partial charge in [0.25, 0.3) is 0 Å². The molecule has 1 rings (SSSR count). The Kier molecular flexibility index (Phi) is 7.25. The van der Waals surface area contributed by atoms with E-state index in [0.29, 0.717) is 18.4 Å². The van der Waals surface area contributed by atoms with Crippen molar-refractivity contribution in [2.45, 2.75) is 39.2 Å². The standard InChI is InChI=1S/C17H23NO5/c1-4-11(2)15(16(20)21)18-14(19)10-7-12-5-8-13(9-6-12)17(22)23-3/h5-6,8-9,11,15H,4,7,10H2,1-3H3,(H,18,19)(H,20,21)/t11-,15-/m0/s1. The summed E-state index contributed by atoms with van der Waals surface area (Å²) in [6.45, 7) is 3.68. The number of nitrogens with one attached hydrogen (secondary N) is 1. The molecule has 0 aliphatic carbocycles. The monoisotopic (exact) mass is 321 g/mol. The molecule has 0 aliphatic rings. The summed E-state index contributed by atoms with van der Waals surface area (Å²) in [7, 11) is 1.32. The van der Waals surface area contributed by atoms with Gasteiger partial charge in [0.05, 0.1) is 12.7 Å². The van der Waals surface area contributed by atoms with Crippen LogP contribution in [0.4, 0.5) is 0 Å². The molecular weight excluding hydrogens is 298 g/mol. The second-order valence-electron chi connectivity index (χ2n) is 5.46. The van der Waals surface area contributed by atoms with E-state index in [1.165, 1.54) is 7.11 Å². The Hall–Kier alpha value is -2.37. The Labute approximate surface area is 135 Å². The van der Waals surface area contributed by atoms with Gasteiger partial charge in [0.2, 0.25) is 5.91 Å². The zero-order valence-corrected chi connectivity index (χ0v) is 13.7. The topological polar surface area (TPSA) is 92.7 Å². The minimum Gasteiger partial charge on any atom is -0.480 e. The SMILES string of the molecule is CC[C@H](C)[C@H](NC(=O)CCc1ccc(C(=O)OC)cc1)C(=O)O. The fourth-order valence-electron chi connectivity index (χ4n) is 2.11. The number of hydrogen-bond acceptors (Lipinski definition) is 4. The van der Waals surface area contributed by atoms with Crippen LogP contribution >= 0.6 is 0 Å². The van der Waals surface area contributed by atoms with Gasteiger partial charge in [-0.25, -0.2) is 9.59 Å². The Morgan fingerprint density at radius 3 is 2.30 bits per heavy atom. The molecule has 2 atom stereocenters. The fourth-order valence-corrected chi connectivity index (χ4v) is 2.11. The van der Waals surface area contributed by atoms with Crippen LogP contribution in [0.2, 0.25) is 0 Å². The molecule has 0 saturated carbocycles. The quantitative estimate of drug-likeness (QED) is 0.715. The fraction of sp³-hybridized carbons (Fsp3) is 0.471. The molecular formula is C17H23NO5. The van der Waals surface area contributed by atoms with E-state index in [0.717, 1.165) is 5.56 Å². The molecule has 0 radical (unpaired) electrons. The number of aliphatic carboxylic acids is 1. The lowest BCUT2D eigenvalue weighted by Gasteiger charge is -2.20. The number of ether oxygens (including phenoxy) is 1. The van der Waals surface area contributed by atoms with Gasteiger partial charge in [-0.05, 0) is 30.0 Å². The summed E-state index contributed by atoms with van der Waals surface area (Å²) >= 11 is 0. The molecule has 0 fully saturated rings. The first-order chi connectivity index (χ1) is 10.9. The van der Waals surface area contributed by atoms with E-state index < -0.39 is 18.0 Å². The third-order valence-electron chi connectivity index (χ3n) is 3.81. The lowest BCUT2D eigenvalue weighted by molar-refractivity contribution is -0.143. The van der Waals surface area contributed by atoms with Crippen LogP contribution in [0.3, 0.4) is 0 Å². The Bertz CT molecular complexity index is 553. The van der Waals surface area contributed by atoms with Gasteiger partial charge in [-0.2, -0.15) is 0 Å². The number of hydrogen-bond donors (Lipinski definition) is 2. The second kappa shape index (κ2) is 8.92. The largest absolute Gasteiger partial charge is 0.480 e. The minimum atomic E-state index is -1.02. The van der Waals surface area contributed by atoms with E-state index in [1.54, 1.807) is 31.2 Å². The van der Waals surface area contributed by atoms with E-state index in [-0.39, 0.29) is 18.2 Å². The Morgan fingerprint density at radius 2 is 1.83 bits per heavy atom. The van der Waals surface area contributed by atoms with Crippen molar-refractivity contribution >= 4 is 17.8 Å². The van der Waals surface area contributed by atoms with Gasteiger partial charge in [-0.15, -0.1) is 0 Å². The van der Waals surface area contributed by atoms with Gasteiger partial charge in [0.15, 0.2) is 0 Å². The van der Waals surface area contributed by atoms with Crippen LogP contribution in [-0.2, 0) is 20.7 Å². The lowest BCUT2D eigenvalue weighted by atomic mass is 9.99. The molecule has 6 heteroatoms. The van der Waals surface area contributed by atoms with Crippen LogP contribution in [0.15, 0.2) is 24.3 Å². The van der Waals surface area contributed by atoms with E-state index in [2.05, 4.69) is 10.1 Å². The van der Waals surface area contributed by atoms with Gasteiger partial charge < -0.3 is 15.2 Å². The molecule has 0 aliphatic heterocycles. The molecule has 0 unspecified atom stereocenters. The smallest absolute Gasteiger partial charge is 0.337 e. The number of esters is 1. The number of aryl methyl sites for hydroxylation is 1. The zero-order chi connectivity index (χ0) is 17.4. The van der Waals surface area contributed by atoms with E-state index in [9.17, 15) is 14.4 Å². The van der Waals surface area contributed by atoms with Crippen LogP contribution < -0.4 is 5.32 Å². The molecule has 2 N–H and O–H groups in total. The Morgan fingerprint density at radius 1 is 1.22 bits per heavy atom. The van der Waals surface area contributed by atoms with Gasteiger partial charge in [-0.1, -0.05) is 32.4 Å². The second-order valence-corrected chi connectivity index (χ2v) is 5.46. The normalized spacial score (nSPS) is 13.0. The van der Waals surface area contributed by atoms with Crippen molar-refractivity contribution in [3.05, 3.63) is 35.4 Å². The highest BCUT2D eigenvalue weighted by Crippen LogP contribution is 2.10. The summed E-state index contributed by atoms with van der Waals surface area (Å²) < 4.78 is 4.61. The van der Waals surface area contributed by atoms with Crippen molar-refractivity contribution in [3.8, 4) is 0 Å². The summed E-state index contributed by atoms with van der Waals surface area (Å²) in [5.74, 6) is -1.85. The predicted octanol–water partition coefficient (Wildman–Crippen LogP) is 2.02. The Balaban J connectivity index is 2.55. The van der Waals surface area contributed by atoms with Crippen LogP contribution in [0.25, 0.3) is 0 Å². The van der Waals surface area contributed by atoms with Crippen LogP contribution in [0.5, 0.6) is 0 Å². The maximum absolute atomic E-state index is 11.9. The van der Waals surface area contributed by atoms with Crippen LogP contribution in [0, 0.1) is 5.92 Å². The minimum absolute atomic E-state index is 0.129. The number of carbonyl (C=O) groups excluding carboxylic acids is 2. The average molecular weight is 321 g/mol. The summed E-state index contributed by atoms with van der Waals surface area (Å²) in [5, 5.41) is 11.7. The first-order valence-electron chi connectivity index (χ1n) is 7.58. The number of methoxy groups -OCH3 is 1. The van der Waals surface area contributed by atoms with E-state index in [4.69, 9.17) is 5.11 Å². The lowest BCUT2D eigenvalue weighted by Crippen LogP contribution is -2.45. The highest BCUT2D eigenvalue weighted by atomic mass is 16.5. The molecule has 126 valence electrons. The number of carboxylic acid groups (broad SMARTS) is 1. The summed E-state index contributed by atoms with van der Waals surface area (Å²) in [6, 6.07) is 5.91. The van der Waals surface area contributed by atoms with Crippen molar-refractivity contribution in [1.82, 2.24) is 5.32 Å². The molecule has 0 bridgehead atoms. The first-order valence-corrected chi connectivity index (χ1v) is 7.58. The molecule has 0 saturated heterocycles. The predicted molar refractivity (Wildman–Crippen MR) is 85.1 cm³/mol. The highest BCUT2D eigenvalue weighted by Gasteiger charge is 2.24. The average Bonchev–Trinajstić information content (AvgIpc) is 2.56. The molecule has 0 spiro atoms. The summed E-state index contributed by atoms with van der Waals surface area (Å²) in [5.41, 5.74) is 1.34. The van der Waals surface area contributed by atoms with Gasteiger partial charge in [0.1, 0.15) is 6.04 Å². The third-order valence-corrected chi connectivity index (χ3v) is 3.81. The summed E-state index contributed by atoms with van der Waals surface area (Å²) in [4.78, 5) is 34.4. The van der Waals surface area contributed by atoms with Gasteiger partial charge >= 0.3 is 11.9 Å². The number of benzene rings is 1. The van der Waals surface area contributed by atoms with E-state index >= 15 is 0 Å². The maximum atomic E-state index is 11.9. The first kappa shape index (κ1) is 18.7. The summed E-state index contributed by atoms with van der Waals surface area (Å²) in [6.07, 6.45) is 1.34. The maximum Gasteiger partial charge on any atom is 0.337 e. The van der Waals surface area contributed by atoms with Crippen LogP contribution in [-0.4, -0.2) is 36.1 Å². The molecule has 23 heavy (non-hydrogen) atoms. The molecule has 6 nitrogen and oxygen atoms in total. The molecule has 1 aromatic rings. The molecule has 0 heterocycles.